The van der Waals surface area contributed by atoms with Crippen molar-refractivity contribution in [2.75, 3.05) is 13.7 Å². The van der Waals surface area contributed by atoms with Gasteiger partial charge in [0.05, 0.1) is 24.2 Å². The van der Waals surface area contributed by atoms with Crippen molar-refractivity contribution in [3.8, 4) is 5.69 Å². The van der Waals surface area contributed by atoms with E-state index < -0.39 is 11.9 Å². The molecule has 1 N–H and O–H groups in total. The summed E-state index contributed by atoms with van der Waals surface area (Å²) in [5, 5.41) is 10.5. The number of rotatable bonds is 5. The molecule has 27 heavy (non-hydrogen) atoms. The van der Waals surface area contributed by atoms with Crippen LogP contribution in [0.5, 0.6) is 0 Å². The third kappa shape index (κ3) is 3.21. The van der Waals surface area contributed by atoms with Gasteiger partial charge in [0.2, 0.25) is 11.8 Å². The summed E-state index contributed by atoms with van der Waals surface area (Å²) in [6.07, 6.45) is 3.09. The summed E-state index contributed by atoms with van der Waals surface area (Å²) in [6.45, 7) is 0.901. The van der Waals surface area contributed by atoms with Crippen LogP contribution in [-0.4, -0.2) is 57.4 Å². The number of ether oxygens (including phenoxy) is 1. The monoisotopic (exact) mass is 369 g/mol. The van der Waals surface area contributed by atoms with Crippen LogP contribution in [0.15, 0.2) is 24.4 Å². The van der Waals surface area contributed by atoms with E-state index in [2.05, 4.69) is 15.6 Å². The molecule has 1 unspecified atom stereocenters. The summed E-state index contributed by atoms with van der Waals surface area (Å²) < 4.78 is 6.70. The summed E-state index contributed by atoms with van der Waals surface area (Å²) in [4.78, 5) is 37.7. The van der Waals surface area contributed by atoms with Crippen molar-refractivity contribution in [2.45, 2.75) is 31.8 Å². The van der Waals surface area contributed by atoms with Gasteiger partial charge in [0.1, 0.15) is 6.04 Å². The van der Waals surface area contributed by atoms with E-state index in [4.69, 9.17) is 4.74 Å². The van der Waals surface area contributed by atoms with Crippen LogP contribution in [0.25, 0.3) is 5.69 Å². The lowest BCUT2D eigenvalue weighted by atomic mass is 10.0. The van der Waals surface area contributed by atoms with Gasteiger partial charge >= 0.3 is 0 Å². The molecule has 0 radical (unpaired) electrons. The number of methoxy groups -OCH3 is 1. The van der Waals surface area contributed by atoms with E-state index >= 15 is 0 Å². The Kier molecular flexibility index (Phi) is 4.44. The second-order valence-electron chi connectivity index (χ2n) is 6.64. The number of hydrogen-bond acceptors (Lipinski definition) is 6. The number of carbonyl (C=O) groups is 3. The summed E-state index contributed by atoms with van der Waals surface area (Å²) in [5.41, 5.74) is 3.01. The Labute approximate surface area is 155 Å². The highest BCUT2D eigenvalue weighted by Gasteiger charge is 2.39. The minimum absolute atomic E-state index is 0.189. The highest BCUT2D eigenvalue weighted by molar-refractivity contribution is 6.05. The summed E-state index contributed by atoms with van der Waals surface area (Å²) in [6, 6.07) is 4.82. The average Bonchev–Trinajstić information content (AvgIpc) is 3.25. The van der Waals surface area contributed by atoms with Gasteiger partial charge in [0.15, 0.2) is 0 Å². The van der Waals surface area contributed by atoms with Crippen molar-refractivity contribution in [1.82, 2.24) is 25.2 Å². The number of imide groups is 1. The number of piperidine rings is 1. The first-order valence-corrected chi connectivity index (χ1v) is 8.75. The van der Waals surface area contributed by atoms with Gasteiger partial charge in [-0.25, -0.2) is 4.68 Å². The van der Waals surface area contributed by atoms with E-state index in [0.717, 1.165) is 16.9 Å². The Morgan fingerprint density at radius 3 is 2.93 bits per heavy atom. The zero-order valence-corrected chi connectivity index (χ0v) is 14.8. The standard InChI is InChI=1S/C18H19N5O4/c1-27-7-6-12-10-23(21-20-12)13-2-3-14-11(8-13)9-22(18(14)26)15-4-5-16(24)19-17(15)25/h2-3,8,10,15H,4-7,9H2,1H3,(H,19,24,25). The molecular weight excluding hydrogens is 350 g/mol. The molecule has 1 fully saturated rings. The topological polar surface area (TPSA) is 106 Å². The second-order valence-corrected chi connectivity index (χ2v) is 6.64. The predicted molar refractivity (Wildman–Crippen MR) is 93.0 cm³/mol. The molecule has 9 nitrogen and oxygen atoms in total. The summed E-state index contributed by atoms with van der Waals surface area (Å²) >= 11 is 0. The van der Waals surface area contributed by atoms with E-state index in [1.165, 1.54) is 4.90 Å². The molecule has 140 valence electrons. The zero-order chi connectivity index (χ0) is 19.0. The maximum Gasteiger partial charge on any atom is 0.255 e. The van der Waals surface area contributed by atoms with Crippen LogP contribution < -0.4 is 5.32 Å². The molecule has 1 aromatic carbocycles. The second kappa shape index (κ2) is 6.92. The molecule has 0 aliphatic carbocycles. The Balaban J connectivity index is 1.55. The van der Waals surface area contributed by atoms with Crippen molar-refractivity contribution < 1.29 is 19.1 Å². The Morgan fingerprint density at radius 2 is 2.15 bits per heavy atom. The predicted octanol–water partition coefficient (Wildman–Crippen LogP) is 0.217. The SMILES string of the molecule is COCCc1cn(-c2ccc3c(c2)CN(C2CCC(=O)NC2=O)C3=O)nn1. The van der Waals surface area contributed by atoms with Crippen molar-refractivity contribution in [1.29, 1.82) is 0 Å². The fourth-order valence-electron chi connectivity index (χ4n) is 3.45. The smallest absolute Gasteiger partial charge is 0.255 e. The summed E-state index contributed by atoms with van der Waals surface area (Å²) in [7, 11) is 1.64. The van der Waals surface area contributed by atoms with E-state index in [1.807, 2.05) is 12.3 Å². The van der Waals surface area contributed by atoms with Crippen LogP contribution in [0.1, 0.15) is 34.5 Å². The third-order valence-electron chi connectivity index (χ3n) is 4.87. The van der Waals surface area contributed by atoms with Gasteiger partial charge < -0.3 is 9.64 Å². The van der Waals surface area contributed by atoms with Gasteiger partial charge in [-0.05, 0) is 30.2 Å². The zero-order valence-electron chi connectivity index (χ0n) is 14.8. The highest BCUT2D eigenvalue weighted by atomic mass is 16.5. The molecule has 3 amide bonds. The van der Waals surface area contributed by atoms with Crippen LogP contribution in [0.3, 0.4) is 0 Å². The molecule has 0 saturated carbocycles. The number of amides is 3. The number of nitrogens with zero attached hydrogens (tertiary/aromatic N) is 4. The molecule has 1 saturated heterocycles. The van der Waals surface area contributed by atoms with Gasteiger partial charge in [0, 0.05) is 32.1 Å². The van der Waals surface area contributed by atoms with Crippen LogP contribution in [-0.2, 0) is 27.3 Å². The lowest BCUT2D eigenvalue weighted by Gasteiger charge is -2.29. The van der Waals surface area contributed by atoms with E-state index in [1.54, 1.807) is 23.9 Å². The molecule has 1 atom stereocenters. The van der Waals surface area contributed by atoms with Crippen molar-refractivity contribution >= 4 is 17.7 Å². The third-order valence-corrected chi connectivity index (χ3v) is 4.87. The normalized spacial score (nSPS) is 19.4. The fourth-order valence-corrected chi connectivity index (χ4v) is 3.45. The number of fused-ring (bicyclic) bond motifs is 1. The Bertz CT molecular complexity index is 922. The van der Waals surface area contributed by atoms with Crippen LogP contribution in [0.2, 0.25) is 0 Å². The molecular formula is C18H19N5O4. The van der Waals surface area contributed by atoms with Crippen molar-refractivity contribution in [3.63, 3.8) is 0 Å². The van der Waals surface area contributed by atoms with Gasteiger partial charge in [-0.2, -0.15) is 0 Å². The number of aromatic nitrogens is 3. The molecule has 0 bridgehead atoms. The minimum Gasteiger partial charge on any atom is -0.384 e. The average molecular weight is 369 g/mol. The molecule has 3 heterocycles. The lowest BCUT2D eigenvalue weighted by molar-refractivity contribution is -0.136. The molecule has 2 aromatic rings. The van der Waals surface area contributed by atoms with Crippen LogP contribution in [0, 0.1) is 0 Å². The summed E-state index contributed by atoms with van der Waals surface area (Å²) in [5.74, 6) is -0.893. The first kappa shape index (κ1) is 17.3. The van der Waals surface area contributed by atoms with E-state index in [9.17, 15) is 14.4 Å². The van der Waals surface area contributed by atoms with E-state index in [0.29, 0.717) is 31.6 Å². The Hall–Kier alpha value is -3.07. The first-order chi connectivity index (χ1) is 13.1. The largest absolute Gasteiger partial charge is 0.384 e. The quantitative estimate of drug-likeness (QED) is 0.756. The number of carbonyl (C=O) groups excluding carboxylic acids is 3. The van der Waals surface area contributed by atoms with Gasteiger partial charge in [0.25, 0.3) is 5.91 Å². The molecule has 4 rings (SSSR count). The van der Waals surface area contributed by atoms with Crippen LogP contribution >= 0.6 is 0 Å². The van der Waals surface area contributed by atoms with Gasteiger partial charge in [-0.3, -0.25) is 19.7 Å². The Morgan fingerprint density at radius 1 is 1.30 bits per heavy atom. The fraction of sp³-hybridized carbons (Fsp3) is 0.389. The molecule has 0 spiro atoms. The maximum atomic E-state index is 12.7. The molecule has 9 heteroatoms. The minimum atomic E-state index is -0.613. The molecule has 2 aliphatic heterocycles. The number of nitrogens with one attached hydrogen (secondary N) is 1. The van der Waals surface area contributed by atoms with Crippen molar-refractivity contribution in [2.24, 2.45) is 0 Å². The van der Waals surface area contributed by atoms with Gasteiger partial charge in [-0.15, -0.1) is 5.10 Å². The molecule has 2 aliphatic rings. The maximum absolute atomic E-state index is 12.7. The first-order valence-electron chi connectivity index (χ1n) is 8.75. The van der Waals surface area contributed by atoms with Crippen LogP contribution in [0.4, 0.5) is 0 Å². The van der Waals surface area contributed by atoms with E-state index in [-0.39, 0.29) is 18.2 Å². The number of benzene rings is 1. The highest BCUT2D eigenvalue weighted by Crippen LogP contribution is 2.28. The number of hydrogen-bond donors (Lipinski definition) is 1. The van der Waals surface area contributed by atoms with Gasteiger partial charge in [-0.1, -0.05) is 5.21 Å². The van der Waals surface area contributed by atoms with Crippen molar-refractivity contribution in [3.05, 3.63) is 41.2 Å². The molecule has 1 aromatic heterocycles. The lowest BCUT2D eigenvalue weighted by Crippen LogP contribution is -2.52.